The number of nitrogens with zero attached hydrogens (tertiary/aromatic N) is 2. The minimum Gasteiger partial charge on any atom is -0.307 e. The van der Waals surface area contributed by atoms with Crippen molar-refractivity contribution in [2.75, 3.05) is 5.32 Å². The van der Waals surface area contributed by atoms with Gasteiger partial charge in [-0.2, -0.15) is 5.10 Å². The number of amides is 1. The lowest BCUT2D eigenvalue weighted by Crippen LogP contribution is -2.17. The van der Waals surface area contributed by atoms with Gasteiger partial charge in [0.2, 0.25) is 0 Å². The maximum absolute atomic E-state index is 12.3. The molecule has 0 fully saturated rings. The Hall–Kier alpha value is -1.33. The first-order valence-electron chi connectivity index (χ1n) is 6.32. The maximum atomic E-state index is 12.3. The average molecular weight is 357 g/mol. The minimum atomic E-state index is -0.249. The fourth-order valence-corrected chi connectivity index (χ4v) is 2.36. The largest absolute Gasteiger partial charge is 0.307 e. The number of hydrogen-bond donors (Lipinski definition) is 1. The van der Waals surface area contributed by atoms with Crippen LogP contribution in [0, 0.1) is 0 Å². The molecule has 1 heterocycles. The molecule has 0 aliphatic rings. The molecule has 0 aliphatic carbocycles. The quantitative estimate of drug-likeness (QED) is 0.875. The second-order valence-corrected chi connectivity index (χ2v) is 5.82. The molecule has 0 aliphatic heterocycles. The first kappa shape index (κ1) is 15.1. The smallest absolute Gasteiger partial charge is 0.258 e. The Labute approximate surface area is 131 Å². The van der Waals surface area contributed by atoms with Gasteiger partial charge in [-0.3, -0.25) is 4.79 Å². The summed E-state index contributed by atoms with van der Waals surface area (Å²) in [5.74, 6) is 0.418. The molecule has 2 rings (SSSR count). The molecule has 1 aromatic heterocycles. The summed E-state index contributed by atoms with van der Waals surface area (Å²) in [6.07, 6.45) is 2.60. The van der Waals surface area contributed by atoms with Crippen molar-refractivity contribution in [1.29, 1.82) is 0 Å². The van der Waals surface area contributed by atoms with Gasteiger partial charge in [-0.05, 0) is 31.5 Å². The molecule has 106 valence electrons. The first-order valence-corrected chi connectivity index (χ1v) is 7.50. The Morgan fingerprint density at radius 1 is 1.50 bits per heavy atom. The molecule has 0 bridgehead atoms. The van der Waals surface area contributed by atoms with Gasteiger partial charge in [0.05, 0.1) is 22.8 Å². The number of nitrogens with one attached hydrogen (secondary N) is 1. The van der Waals surface area contributed by atoms with Gasteiger partial charge in [0.1, 0.15) is 5.82 Å². The molecule has 1 amide bonds. The SMILES string of the molecule is CCC(C)n1nccc1NC(=O)c1cc(Br)ccc1Cl. The van der Waals surface area contributed by atoms with E-state index < -0.39 is 0 Å². The van der Waals surface area contributed by atoms with Crippen molar-refractivity contribution in [1.82, 2.24) is 9.78 Å². The van der Waals surface area contributed by atoms with E-state index in [4.69, 9.17) is 11.6 Å². The highest BCUT2D eigenvalue weighted by Gasteiger charge is 2.15. The predicted molar refractivity (Wildman–Crippen MR) is 84.3 cm³/mol. The number of aromatic nitrogens is 2. The number of rotatable bonds is 4. The van der Waals surface area contributed by atoms with Crippen molar-refractivity contribution in [3.8, 4) is 0 Å². The van der Waals surface area contributed by atoms with Gasteiger partial charge in [-0.1, -0.05) is 34.5 Å². The minimum absolute atomic E-state index is 0.221. The Morgan fingerprint density at radius 2 is 2.25 bits per heavy atom. The molecule has 4 nitrogen and oxygen atoms in total. The number of benzene rings is 1. The molecular weight excluding hydrogens is 342 g/mol. The van der Waals surface area contributed by atoms with Crippen LogP contribution in [0.3, 0.4) is 0 Å². The molecule has 1 N–H and O–H groups in total. The van der Waals surface area contributed by atoms with Crippen molar-refractivity contribution in [3.05, 3.63) is 45.5 Å². The lowest BCUT2D eigenvalue weighted by atomic mass is 10.2. The first-order chi connectivity index (χ1) is 9.52. The van der Waals surface area contributed by atoms with Crippen LogP contribution < -0.4 is 5.32 Å². The van der Waals surface area contributed by atoms with Crippen LogP contribution in [0.25, 0.3) is 0 Å². The second kappa shape index (κ2) is 6.41. The summed E-state index contributed by atoms with van der Waals surface area (Å²) in [6.45, 7) is 4.12. The summed E-state index contributed by atoms with van der Waals surface area (Å²) in [4.78, 5) is 12.3. The van der Waals surface area contributed by atoms with Crippen molar-refractivity contribution >= 4 is 39.3 Å². The lowest BCUT2D eigenvalue weighted by Gasteiger charge is -2.14. The van der Waals surface area contributed by atoms with Gasteiger partial charge >= 0.3 is 0 Å². The molecule has 1 aromatic carbocycles. The lowest BCUT2D eigenvalue weighted by molar-refractivity contribution is 0.102. The number of carbonyl (C=O) groups excluding carboxylic acids is 1. The number of halogens is 2. The van der Waals surface area contributed by atoms with E-state index in [-0.39, 0.29) is 11.9 Å². The Bertz CT molecular complexity index is 627. The van der Waals surface area contributed by atoms with Crippen molar-refractivity contribution in [2.24, 2.45) is 0 Å². The molecule has 1 unspecified atom stereocenters. The summed E-state index contributed by atoms with van der Waals surface area (Å²) in [5.41, 5.74) is 0.429. The summed E-state index contributed by atoms with van der Waals surface area (Å²) in [5, 5.41) is 7.50. The molecular formula is C14H15BrClN3O. The van der Waals surface area contributed by atoms with Crippen molar-refractivity contribution in [3.63, 3.8) is 0 Å². The molecule has 1 atom stereocenters. The molecule has 6 heteroatoms. The zero-order valence-corrected chi connectivity index (χ0v) is 13.6. The van der Waals surface area contributed by atoms with Crippen LogP contribution in [0.4, 0.5) is 5.82 Å². The van der Waals surface area contributed by atoms with E-state index in [1.54, 1.807) is 35.1 Å². The molecule has 2 aromatic rings. The van der Waals surface area contributed by atoms with Gasteiger partial charge < -0.3 is 5.32 Å². The van der Waals surface area contributed by atoms with Gasteiger partial charge in [0.25, 0.3) is 5.91 Å². The van der Waals surface area contributed by atoms with E-state index in [9.17, 15) is 4.79 Å². The van der Waals surface area contributed by atoms with E-state index in [0.717, 1.165) is 10.9 Å². The highest BCUT2D eigenvalue weighted by molar-refractivity contribution is 9.10. The summed E-state index contributed by atoms with van der Waals surface area (Å²) >= 11 is 9.39. The van der Waals surface area contributed by atoms with E-state index >= 15 is 0 Å². The van der Waals surface area contributed by atoms with Crippen LogP contribution >= 0.6 is 27.5 Å². The monoisotopic (exact) mass is 355 g/mol. The number of carbonyl (C=O) groups is 1. The summed E-state index contributed by atoms with van der Waals surface area (Å²) in [7, 11) is 0. The van der Waals surface area contributed by atoms with Crippen LogP contribution in [0.2, 0.25) is 5.02 Å². The van der Waals surface area contributed by atoms with Gasteiger partial charge in [-0.15, -0.1) is 0 Å². The fraction of sp³-hybridized carbons (Fsp3) is 0.286. The topological polar surface area (TPSA) is 46.9 Å². The third kappa shape index (κ3) is 3.22. The van der Waals surface area contributed by atoms with Crippen LogP contribution in [-0.4, -0.2) is 15.7 Å². The van der Waals surface area contributed by atoms with Gasteiger partial charge in [-0.25, -0.2) is 4.68 Å². The fourth-order valence-electron chi connectivity index (χ4n) is 1.79. The Balaban J connectivity index is 2.24. The van der Waals surface area contributed by atoms with E-state index in [0.29, 0.717) is 16.4 Å². The van der Waals surface area contributed by atoms with E-state index in [1.807, 2.05) is 0 Å². The Kier molecular flexibility index (Phi) is 4.83. The molecule has 0 saturated heterocycles. The summed E-state index contributed by atoms with van der Waals surface area (Å²) < 4.78 is 2.60. The molecule has 0 saturated carbocycles. The van der Waals surface area contributed by atoms with Crippen molar-refractivity contribution < 1.29 is 4.79 Å². The van der Waals surface area contributed by atoms with Crippen molar-refractivity contribution in [2.45, 2.75) is 26.3 Å². The highest BCUT2D eigenvalue weighted by atomic mass is 79.9. The van der Waals surface area contributed by atoms with Crippen LogP contribution in [0.5, 0.6) is 0 Å². The van der Waals surface area contributed by atoms with Gasteiger partial charge in [0.15, 0.2) is 0 Å². The third-order valence-electron chi connectivity index (χ3n) is 3.09. The zero-order chi connectivity index (χ0) is 14.7. The van der Waals surface area contributed by atoms with E-state index in [1.165, 1.54) is 0 Å². The molecule has 0 radical (unpaired) electrons. The van der Waals surface area contributed by atoms with Crippen LogP contribution in [0.15, 0.2) is 34.9 Å². The van der Waals surface area contributed by atoms with Gasteiger partial charge in [0, 0.05) is 10.5 Å². The van der Waals surface area contributed by atoms with Crippen LogP contribution in [0.1, 0.15) is 36.7 Å². The van der Waals surface area contributed by atoms with Crippen LogP contribution in [-0.2, 0) is 0 Å². The highest BCUT2D eigenvalue weighted by Crippen LogP contribution is 2.23. The molecule has 0 spiro atoms. The summed E-state index contributed by atoms with van der Waals surface area (Å²) in [6, 6.07) is 7.17. The van der Waals surface area contributed by atoms with E-state index in [2.05, 4.69) is 40.2 Å². The standard InChI is InChI=1S/C14H15BrClN3O/c1-3-9(2)19-13(6-7-17-19)18-14(20)11-8-10(15)4-5-12(11)16/h4-9H,3H2,1-2H3,(H,18,20). The third-order valence-corrected chi connectivity index (χ3v) is 3.92. The predicted octanol–water partition coefficient (Wildman–Crippen LogP) is 4.52. The average Bonchev–Trinajstić information content (AvgIpc) is 2.88. The molecule has 20 heavy (non-hydrogen) atoms. The zero-order valence-electron chi connectivity index (χ0n) is 11.2. The second-order valence-electron chi connectivity index (χ2n) is 4.50. The Morgan fingerprint density at radius 3 is 2.95 bits per heavy atom. The number of anilines is 1. The normalized spacial score (nSPS) is 12.2. The number of hydrogen-bond acceptors (Lipinski definition) is 2. The maximum Gasteiger partial charge on any atom is 0.258 e.